The fourth-order valence-corrected chi connectivity index (χ4v) is 3.01. The molecule has 0 saturated carbocycles. The van der Waals surface area contributed by atoms with Crippen molar-refractivity contribution in [2.45, 2.75) is 24.3 Å². The van der Waals surface area contributed by atoms with Gasteiger partial charge in [-0.05, 0) is 19.4 Å². The van der Waals surface area contributed by atoms with E-state index in [-0.39, 0.29) is 11.2 Å². The molecule has 0 spiro atoms. The molecule has 0 radical (unpaired) electrons. The first-order valence-corrected chi connectivity index (χ1v) is 7.63. The average Bonchev–Trinajstić information content (AvgIpc) is 2.80. The van der Waals surface area contributed by atoms with E-state index in [0.717, 1.165) is 22.1 Å². The summed E-state index contributed by atoms with van der Waals surface area (Å²) >= 11 is 1.43. The molecule has 5 nitrogen and oxygen atoms in total. The molecule has 2 aromatic rings. The van der Waals surface area contributed by atoms with Gasteiger partial charge in [-0.15, -0.1) is 10.2 Å². The van der Waals surface area contributed by atoms with Crippen LogP contribution in [0.2, 0.25) is 0 Å². The van der Waals surface area contributed by atoms with Crippen LogP contribution in [0.1, 0.15) is 12.5 Å². The summed E-state index contributed by atoms with van der Waals surface area (Å²) in [5.41, 5.74) is 2.22. The third-order valence-electron chi connectivity index (χ3n) is 3.29. The smallest absolute Gasteiger partial charge is 0.235 e. The number of aryl methyl sites for hydroxylation is 1. The Bertz CT molecular complexity index is 651. The molecule has 1 aromatic heterocycles. The zero-order valence-corrected chi connectivity index (χ0v) is 13.8. The fraction of sp³-hybridized carbons (Fsp3) is 0.400. The van der Waals surface area contributed by atoms with Gasteiger partial charge in [0.15, 0.2) is 11.0 Å². The van der Waals surface area contributed by atoms with Crippen molar-refractivity contribution in [3.8, 4) is 11.4 Å². The van der Waals surface area contributed by atoms with E-state index in [9.17, 15) is 4.79 Å². The molecule has 1 unspecified atom stereocenters. The van der Waals surface area contributed by atoms with Crippen LogP contribution < -0.4 is 0 Å². The number of rotatable bonds is 4. The summed E-state index contributed by atoms with van der Waals surface area (Å²) in [7, 11) is 5.45. The summed E-state index contributed by atoms with van der Waals surface area (Å²) < 4.78 is 1.94. The predicted molar refractivity (Wildman–Crippen MR) is 85.2 cm³/mol. The highest BCUT2D eigenvalue weighted by Crippen LogP contribution is 2.27. The molecule has 0 bridgehead atoms. The van der Waals surface area contributed by atoms with Gasteiger partial charge in [0.05, 0.1) is 5.25 Å². The highest BCUT2D eigenvalue weighted by atomic mass is 32.2. The van der Waals surface area contributed by atoms with Crippen molar-refractivity contribution in [2.75, 3.05) is 14.1 Å². The van der Waals surface area contributed by atoms with Gasteiger partial charge in [-0.2, -0.15) is 0 Å². The lowest BCUT2D eigenvalue weighted by Gasteiger charge is -2.15. The maximum absolute atomic E-state index is 11.9. The number of carbonyl (C=O) groups excluding carboxylic acids is 1. The lowest BCUT2D eigenvalue weighted by Crippen LogP contribution is -2.29. The van der Waals surface area contributed by atoms with E-state index < -0.39 is 0 Å². The fourth-order valence-electron chi connectivity index (χ4n) is 2.05. The Morgan fingerprint density at radius 1 is 1.29 bits per heavy atom. The molecule has 1 aromatic carbocycles. The maximum Gasteiger partial charge on any atom is 0.235 e. The summed E-state index contributed by atoms with van der Waals surface area (Å²) in [6.45, 7) is 3.93. The first kappa shape index (κ1) is 15.6. The van der Waals surface area contributed by atoms with E-state index in [1.54, 1.807) is 19.0 Å². The summed E-state index contributed by atoms with van der Waals surface area (Å²) in [4.78, 5) is 13.5. The molecule has 6 heteroatoms. The monoisotopic (exact) mass is 304 g/mol. The number of thioether (sulfide) groups is 1. The van der Waals surface area contributed by atoms with Gasteiger partial charge in [-0.25, -0.2) is 0 Å². The van der Waals surface area contributed by atoms with Gasteiger partial charge in [0.2, 0.25) is 5.91 Å². The van der Waals surface area contributed by atoms with Crippen LogP contribution >= 0.6 is 11.8 Å². The zero-order chi connectivity index (χ0) is 15.6. The Kier molecular flexibility index (Phi) is 4.67. The number of benzene rings is 1. The second-order valence-electron chi connectivity index (χ2n) is 5.17. The van der Waals surface area contributed by atoms with Crippen molar-refractivity contribution in [2.24, 2.45) is 7.05 Å². The molecular weight excluding hydrogens is 284 g/mol. The summed E-state index contributed by atoms with van der Waals surface area (Å²) in [5, 5.41) is 9.05. The van der Waals surface area contributed by atoms with Crippen LogP contribution in [0, 0.1) is 6.92 Å². The number of amides is 1. The molecule has 0 aliphatic heterocycles. The van der Waals surface area contributed by atoms with Crippen LogP contribution in [-0.4, -0.2) is 44.9 Å². The lowest BCUT2D eigenvalue weighted by atomic mass is 10.1. The first-order chi connectivity index (χ1) is 9.91. The molecule has 1 heterocycles. The van der Waals surface area contributed by atoms with Crippen molar-refractivity contribution in [1.82, 2.24) is 19.7 Å². The van der Waals surface area contributed by atoms with E-state index in [2.05, 4.69) is 23.2 Å². The highest BCUT2D eigenvalue weighted by Gasteiger charge is 2.20. The number of hydrogen-bond donors (Lipinski definition) is 0. The van der Waals surface area contributed by atoms with E-state index in [1.165, 1.54) is 11.8 Å². The summed E-state index contributed by atoms with van der Waals surface area (Å²) in [6.07, 6.45) is 0. The molecule has 0 saturated heterocycles. The van der Waals surface area contributed by atoms with Gasteiger partial charge >= 0.3 is 0 Å². The number of aromatic nitrogens is 3. The minimum atomic E-state index is -0.187. The Hall–Kier alpha value is -1.82. The standard InChI is InChI=1S/C15H20N4OS/c1-10-8-6-7-9-12(10)13-16-17-15(19(13)5)21-11(2)14(20)18(3)4/h6-9,11H,1-5H3. The van der Waals surface area contributed by atoms with Crippen molar-refractivity contribution >= 4 is 17.7 Å². The number of carbonyl (C=O) groups is 1. The minimum Gasteiger partial charge on any atom is -0.348 e. The molecule has 0 aliphatic carbocycles. The molecule has 0 fully saturated rings. The van der Waals surface area contributed by atoms with Gasteiger partial charge in [-0.1, -0.05) is 36.0 Å². The summed E-state index contributed by atoms with van der Waals surface area (Å²) in [6, 6.07) is 8.07. The second kappa shape index (κ2) is 6.30. The molecule has 0 aliphatic rings. The van der Waals surface area contributed by atoms with Crippen LogP contribution in [0.15, 0.2) is 29.4 Å². The van der Waals surface area contributed by atoms with Gasteiger partial charge in [0, 0.05) is 26.7 Å². The third kappa shape index (κ3) is 3.26. The topological polar surface area (TPSA) is 51.0 Å². The Morgan fingerprint density at radius 3 is 2.57 bits per heavy atom. The second-order valence-corrected chi connectivity index (χ2v) is 6.48. The maximum atomic E-state index is 11.9. The van der Waals surface area contributed by atoms with Crippen molar-refractivity contribution in [1.29, 1.82) is 0 Å². The van der Waals surface area contributed by atoms with Gasteiger partial charge in [0.1, 0.15) is 0 Å². The first-order valence-electron chi connectivity index (χ1n) is 6.75. The van der Waals surface area contributed by atoms with Crippen LogP contribution in [0.3, 0.4) is 0 Å². The molecular formula is C15H20N4OS. The van der Waals surface area contributed by atoms with Crippen LogP contribution in [0.5, 0.6) is 0 Å². The van der Waals surface area contributed by atoms with Crippen molar-refractivity contribution in [3.05, 3.63) is 29.8 Å². The minimum absolute atomic E-state index is 0.0699. The Morgan fingerprint density at radius 2 is 1.95 bits per heavy atom. The Balaban J connectivity index is 2.26. The van der Waals surface area contributed by atoms with E-state index in [0.29, 0.717) is 0 Å². The Labute approximate surface area is 129 Å². The van der Waals surface area contributed by atoms with E-state index in [4.69, 9.17) is 0 Å². The summed E-state index contributed by atoms with van der Waals surface area (Å²) in [5.74, 6) is 0.889. The molecule has 112 valence electrons. The molecule has 1 atom stereocenters. The van der Waals surface area contributed by atoms with Crippen molar-refractivity contribution < 1.29 is 4.79 Å². The largest absolute Gasteiger partial charge is 0.348 e. The highest BCUT2D eigenvalue weighted by molar-refractivity contribution is 8.00. The quantitative estimate of drug-likeness (QED) is 0.814. The van der Waals surface area contributed by atoms with Gasteiger partial charge in [-0.3, -0.25) is 4.79 Å². The lowest BCUT2D eigenvalue weighted by molar-refractivity contribution is -0.127. The zero-order valence-electron chi connectivity index (χ0n) is 13.0. The SMILES string of the molecule is Cc1ccccc1-c1nnc(SC(C)C(=O)N(C)C)n1C. The van der Waals surface area contributed by atoms with Crippen molar-refractivity contribution in [3.63, 3.8) is 0 Å². The third-order valence-corrected chi connectivity index (χ3v) is 4.41. The van der Waals surface area contributed by atoms with E-state index >= 15 is 0 Å². The molecule has 2 rings (SSSR count). The normalized spacial score (nSPS) is 12.2. The van der Waals surface area contributed by atoms with Crippen LogP contribution in [0.4, 0.5) is 0 Å². The van der Waals surface area contributed by atoms with E-state index in [1.807, 2.05) is 36.7 Å². The van der Waals surface area contributed by atoms with Gasteiger partial charge in [0.25, 0.3) is 0 Å². The van der Waals surface area contributed by atoms with Gasteiger partial charge < -0.3 is 9.47 Å². The number of hydrogen-bond acceptors (Lipinski definition) is 4. The van der Waals surface area contributed by atoms with Crippen LogP contribution in [-0.2, 0) is 11.8 Å². The predicted octanol–water partition coefficient (Wildman–Crippen LogP) is 2.36. The number of nitrogens with zero attached hydrogens (tertiary/aromatic N) is 4. The van der Waals surface area contributed by atoms with Crippen LogP contribution in [0.25, 0.3) is 11.4 Å². The molecule has 1 amide bonds. The molecule has 0 N–H and O–H groups in total. The molecule has 21 heavy (non-hydrogen) atoms. The average molecular weight is 304 g/mol.